The summed E-state index contributed by atoms with van der Waals surface area (Å²) in [6.45, 7) is 5.55. The van der Waals surface area contributed by atoms with Gasteiger partial charge in [0.2, 0.25) is 0 Å². The summed E-state index contributed by atoms with van der Waals surface area (Å²) in [5.41, 5.74) is 2.97. The largest absolute Gasteiger partial charge is 0.298 e. The van der Waals surface area contributed by atoms with Gasteiger partial charge in [0, 0.05) is 6.42 Å². The minimum atomic E-state index is -1.11. The van der Waals surface area contributed by atoms with Gasteiger partial charge in [0.15, 0.2) is 5.78 Å². The van der Waals surface area contributed by atoms with Crippen LogP contribution in [0.1, 0.15) is 29.2 Å². The predicted molar refractivity (Wildman–Crippen MR) is 84.0 cm³/mol. The number of hydrogen-bond acceptors (Lipinski definition) is 2. The van der Waals surface area contributed by atoms with Crippen molar-refractivity contribution in [2.24, 2.45) is 0 Å². The van der Waals surface area contributed by atoms with Crippen molar-refractivity contribution < 1.29 is 4.79 Å². The summed E-state index contributed by atoms with van der Waals surface area (Å²) in [5, 5.41) is 9.77. The zero-order valence-electron chi connectivity index (χ0n) is 12.7. The van der Waals surface area contributed by atoms with E-state index in [9.17, 15) is 10.1 Å². The van der Waals surface area contributed by atoms with E-state index in [-0.39, 0.29) is 5.78 Å². The van der Waals surface area contributed by atoms with E-state index in [0.29, 0.717) is 6.42 Å². The van der Waals surface area contributed by atoms with Gasteiger partial charge in [-0.3, -0.25) is 4.79 Å². The summed E-state index contributed by atoms with van der Waals surface area (Å²) in [4.78, 5) is 12.3. The number of carbonyl (C=O) groups excluding carboxylic acids is 1. The average molecular weight is 277 g/mol. The average Bonchev–Trinajstić information content (AvgIpc) is 2.48. The quantitative estimate of drug-likeness (QED) is 0.850. The van der Waals surface area contributed by atoms with Crippen molar-refractivity contribution in [3.05, 3.63) is 70.8 Å². The molecule has 0 N–H and O–H groups in total. The summed E-state index contributed by atoms with van der Waals surface area (Å²) in [6.07, 6.45) is 0.418. The van der Waals surface area contributed by atoms with Crippen LogP contribution < -0.4 is 0 Å². The Morgan fingerprint density at radius 2 is 1.62 bits per heavy atom. The van der Waals surface area contributed by atoms with Crippen LogP contribution in [0.5, 0.6) is 0 Å². The molecule has 2 aromatic carbocycles. The van der Waals surface area contributed by atoms with Crippen molar-refractivity contribution in [1.82, 2.24) is 0 Å². The summed E-state index contributed by atoms with van der Waals surface area (Å²) < 4.78 is 0. The van der Waals surface area contributed by atoms with E-state index in [2.05, 4.69) is 6.07 Å². The van der Waals surface area contributed by atoms with Gasteiger partial charge in [-0.2, -0.15) is 5.26 Å². The van der Waals surface area contributed by atoms with E-state index in [1.54, 1.807) is 0 Å². The van der Waals surface area contributed by atoms with Crippen LogP contribution in [0.3, 0.4) is 0 Å². The second-order valence-corrected chi connectivity index (χ2v) is 5.49. The fraction of sp³-hybridized carbons (Fsp3) is 0.263. The van der Waals surface area contributed by atoms with Crippen molar-refractivity contribution in [2.45, 2.75) is 32.6 Å². The SMILES string of the molecule is CC(=O)C(C#N)(Cc1c(C)cccc1C)c1ccccc1. The van der Waals surface area contributed by atoms with Crippen LogP contribution in [0.25, 0.3) is 0 Å². The van der Waals surface area contributed by atoms with E-state index in [1.165, 1.54) is 6.92 Å². The van der Waals surface area contributed by atoms with Gasteiger partial charge in [0.05, 0.1) is 6.07 Å². The molecule has 0 saturated carbocycles. The summed E-state index contributed by atoms with van der Waals surface area (Å²) in [6, 6.07) is 17.7. The maximum atomic E-state index is 12.3. The van der Waals surface area contributed by atoms with Gasteiger partial charge < -0.3 is 0 Å². The monoisotopic (exact) mass is 277 g/mol. The molecule has 2 nitrogen and oxygen atoms in total. The minimum absolute atomic E-state index is 0.112. The smallest absolute Gasteiger partial charge is 0.154 e. The number of aryl methyl sites for hydroxylation is 2. The van der Waals surface area contributed by atoms with Crippen LogP contribution in [-0.4, -0.2) is 5.78 Å². The number of ketones is 1. The Bertz CT molecular complexity index is 677. The zero-order valence-corrected chi connectivity index (χ0v) is 12.7. The highest BCUT2D eigenvalue weighted by Crippen LogP contribution is 2.31. The maximum absolute atomic E-state index is 12.3. The molecule has 1 unspecified atom stereocenters. The molecule has 0 aliphatic heterocycles. The lowest BCUT2D eigenvalue weighted by Crippen LogP contribution is -2.35. The maximum Gasteiger partial charge on any atom is 0.154 e. The molecule has 2 heteroatoms. The van der Waals surface area contributed by atoms with Crippen LogP contribution in [-0.2, 0) is 16.6 Å². The number of Topliss-reactive ketones (excluding diaryl/α,β-unsaturated/α-hetero) is 1. The summed E-state index contributed by atoms with van der Waals surface area (Å²) >= 11 is 0. The number of benzene rings is 2. The zero-order chi connectivity index (χ0) is 15.5. The number of hydrogen-bond donors (Lipinski definition) is 0. The van der Waals surface area contributed by atoms with Crippen LogP contribution in [0, 0.1) is 25.2 Å². The fourth-order valence-electron chi connectivity index (χ4n) is 2.73. The van der Waals surface area contributed by atoms with Crippen molar-refractivity contribution >= 4 is 5.78 Å². The number of rotatable bonds is 4. The first-order valence-electron chi connectivity index (χ1n) is 7.04. The molecule has 0 aromatic heterocycles. The fourth-order valence-corrected chi connectivity index (χ4v) is 2.73. The standard InChI is InChI=1S/C19H19NO/c1-14-8-7-9-15(2)18(14)12-19(13-20,16(3)21)17-10-5-4-6-11-17/h4-11H,12H2,1-3H3. The first-order chi connectivity index (χ1) is 10.0. The molecular formula is C19H19NO. The third kappa shape index (κ3) is 2.73. The molecule has 0 bridgehead atoms. The summed E-state index contributed by atoms with van der Waals surface area (Å²) in [5.74, 6) is -0.112. The molecule has 0 heterocycles. The highest BCUT2D eigenvalue weighted by atomic mass is 16.1. The third-order valence-corrected chi connectivity index (χ3v) is 4.14. The van der Waals surface area contributed by atoms with Crippen molar-refractivity contribution in [2.75, 3.05) is 0 Å². The third-order valence-electron chi connectivity index (χ3n) is 4.14. The second-order valence-electron chi connectivity index (χ2n) is 5.49. The molecule has 0 aliphatic rings. The van der Waals surface area contributed by atoms with Crippen molar-refractivity contribution in [3.8, 4) is 6.07 Å². The first-order valence-corrected chi connectivity index (χ1v) is 7.04. The lowest BCUT2D eigenvalue weighted by molar-refractivity contribution is -0.120. The normalized spacial score (nSPS) is 13.2. The van der Waals surface area contributed by atoms with Gasteiger partial charge in [-0.25, -0.2) is 0 Å². The van der Waals surface area contributed by atoms with Gasteiger partial charge in [-0.05, 0) is 43.0 Å². The minimum Gasteiger partial charge on any atom is -0.298 e. The predicted octanol–water partition coefficient (Wildman–Crippen LogP) is 3.90. The Kier molecular flexibility index (Phi) is 4.23. The van der Waals surface area contributed by atoms with Gasteiger partial charge in [-0.1, -0.05) is 48.5 Å². The highest BCUT2D eigenvalue weighted by Gasteiger charge is 2.38. The van der Waals surface area contributed by atoms with E-state index in [4.69, 9.17) is 0 Å². The Hall–Kier alpha value is -2.40. The van der Waals surface area contributed by atoms with Crippen LogP contribution in [0.15, 0.2) is 48.5 Å². The molecule has 2 aromatic rings. The molecule has 0 amide bonds. The molecular weight excluding hydrogens is 258 g/mol. The number of nitriles is 1. The molecule has 0 saturated heterocycles. The Morgan fingerprint density at radius 3 is 2.10 bits per heavy atom. The molecule has 21 heavy (non-hydrogen) atoms. The lowest BCUT2D eigenvalue weighted by Gasteiger charge is -2.26. The Labute approximate surface area is 126 Å². The number of carbonyl (C=O) groups is 1. The molecule has 0 spiro atoms. The molecule has 1 atom stereocenters. The Morgan fingerprint density at radius 1 is 1.05 bits per heavy atom. The Balaban J connectivity index is 2.58. The lowest BCUT2D eigenvalue weighted by atomic mass is 9.72. The highest BCUT2D eigenvalue weighted by molar-refractivity contribution is 5.91. The molecule has 0 aliphatic carbocycles. The van der Waals surface area contributed by atoms with Gasteiger partial charge >= 0.3 is 0 Å². The van der Waals surface area contributed by atoms with Gasteiger partial charge in [0.1, 0.15) is 5.41 Å². The van der Waals surface area contributed by atoms with Crippen LogP contribution in [0.2, 0.25) is 0 Å². The second kappa shape index (κ2) is 5.93. The number of nitrogens with zero attached hydrogens (tertiary/aromatic N) is 1. The first kappa shape index (κ1) is 15.0. The van der Waals surface area contributed by atoms with Crippen LogP contribution >= 0.6 is 0 Å². The van der Waals surface area contributed by atoms with E-state index < -0.39 is 5.41 Å². The molecule has 2 rings (SSSR count). The molecule has 106 valence electrons. The van der Waals surface area contributed by atoms with Gasteiger partial charge in [0.25, 0.3) is 0 Å². The van der Waals surface area contributed by atoms with Crippen LogP contribution in [0.4, 0.5) is 0 Å². The molecule has 0 fully saturated rings. The van der Waals surface area contributed by atoms with E-state index in [1.807, 2.05) is 62.4 Å². The van der Waals surface area contributed by atoms with E-state index in [0.717, 1.165) is 22.3 Å². The van der Waals surface area contributed by atoms with Gasteiger partial charge in [-0.15, -0.1) is 0 Å². The van der Waals surface area contributed by atoms with E-state index >= 15 is 0 Å². The van der Waals surface area contributed by atoms with Crippen molar-refractivity contribution in [3.63, 3.8) is 0 Å². The molecule has 0 radical (unpaired) electrons. The topological polar surface area (TPSA) is 40.9 Å². The summed E-state index contributed by atoms with van der Waals surface area (Å²) in [7, 11) is 0. The van der Waals surface area contributed by atoms with Crippen molar-refractivity contribution in [1.29, 1.82) is 5.26 Å².